The minimum atomic E-state index is -0.657. The van der Waals surface area contributed by atoms with Gasteiger partial charge in [-0.15, -0.1) is 0 Å². The van der Waals surface area contributed by atoms with Crippen molar-refractivity contribution in [3.8, 4) is 5.75 Å². The Kier molecular flexibility index (Phi) is 3.80. The summed E-state index contributed by atoms with van der Waals surface area (Å²) in [6.45, 7) is 0. The predicted molar refractivity (Wildman–Crippen MR) is 73.9 cm³/mol. The van der Waals surface area contributed by atoms with Crippen molar-refractivity contribution >= 4 is 32.7 Å². The van der Waals surface area contributed by atoms with Gasteiger partial charge >= 0.3 is 10.7 Å². The Morgan fingerprint density at radius 1 is 1.15 bits per heavy atom. The molecule has 0 spiro atoms. The molecule has 2 aromatic rings. The fraction of sp³-hybridized carbons (Fsp3) is 0.0909. The second-order valence-corrected chi connectivity index (χ2v) is 4.70. The summed E-state index contributed by atoms with van der Waals surface area (Å²) in [7, 11) is 1.52. The average molecular weight is 295 g/mol. The zero-order valence-electron chi connectivity index (χ0n) is 10.2. The van der Waals surface area contributed by atoms with Crippen LogP contribution in [0.2, 0.25) is 0 Å². The first-order valence-electron chi connectivity index (χ1n) is 5.35. The molecule has 104 valence electrons. The van der Waals surface area contributed by atoms with Crippen molar-refractivity contribution in [1.29, 1.82) is 0 Å². The molecule has 0 saturated carbocycles. The Balaban J connectivity index is 2.31. The van der Waals surface area contributed by atoms with Crippen LogP contribution in [0, 0.1) is 20.2 Å². The SMILES string of the molecule is COc1ccc(Nc2sc([N+](=O)[O-])cc2[N+](=O)[O-])cc1. The molecule has 0 saturated heterocycles. The second-order valence-electron chi connectivity index (χ2n) is 3.67. The highest BCUT2D eigenvalue weighted by atomic mass is 32.1. The largest absolute Gasteiger partial charge is 0.497 e. The first-order chi connectivity index (χ1) is 9.51. The van der Waals surface area contributed by atoms with Gasteiger partial charge in [0.05, 0.1) is 17.0 Å². The third-order valence-corrected chi connectivity index (χ3v) is 3.42. The number of nitro groups is 2. The Bertz CT molecular complexity index is 653. The number of nitrogens with zero attached hydrogens (tertiary/aromatic N) is 2. The van der Waals surface area contributed by atoms with Gasteiger partial charge in [-0.1, -0.05) is 0 Å². The van der Waals surface area contributed by atoms with Gasteiger partial charge in [0.2, 0.25) is 0 Å². The van der Waals surface area contributed by atoms with Crippen molar-refractivity contribution in [2.45, 2.75) is 0 Å². The van der Waals surface area contributed by atoms with E-state index in [0.717, 1.165) is 17.4 Å². The van der Waals surface area contributed by atoms with Gasteiger partial charge in [-0.25, -0.2) is 0 Å². The summed E-state index contributed by atoms with van der Waals surface area (Å²) in [4.78, 5) is 20.2. The minimum Gasteiger partial charge on any atom is -0.497 e. The Labute approximate surface area is 116 Å². The third kappa shape index (κ3) is 2.83. The summed E-state index contributed by atoms with van der Waals surface area (Å²) in [5, 5.41) is 24.2. The molecule has 1 N–H and O–H groups in total. The lowest BCUT2D eigenvalue weighted by atomic mass is 10.3. The first kappa shape index (κ1) is 13.7. The third-order valence-electron chi connectivity index (χ3n) is 2.42. The summed E-state index contributed by atoms with van der Waals surface area (Å²) in [6, 6.07) is 7.62. The molecular weight excluding hydrogens is 286 g/mol. The average Bonchev–Trinajstić information content (AvgIpc) is 2.84. The second kappa shape index (κ2) is 5.53. The highest BCUT2D eigenvalue weighted by Gasteiger charge is 2.25. The summed E-state index contributed by atoms with van der Waals surface area (Å²) >= 11 is 0.718. The van der Waals surface area contributed by atoms with Crippen molar-refractivity contribution in [1.82, 2.24) is 0 Å². The fourth-order valence-corrected chi connectivity index (χ4v) is 2.35. The number of nitrogens with one attached hydrogen (secondary N) is 1. The highest BCUT2D eigenvalue weighted by Crippen LogP contribution is 2.40. The van der Waals surface area contributed by atoms with Crippen molar-refractivity contribution < 1.29 is 14.6 Å². The standard InChI is InChI=1S/C11H9N3O5S/c1-19-8-4-2-7(3-5-8)12-11-9(13(15)16)6-10(20-11)14(17)18/h2-6,12H,1H3. The maximum atomic E-state index is 10.9. The number of hydrogen-bond acceptors (Lipinski definition) is 7. The molecule has 1 aromatic carbocycles. The van der Waals surface area contributed by atoms with E-state index in [-0.39, 0.29) is 15.7 Å². The van der Waals surface area contributed by atoms with Crippen molar-refractivity contribution in [3.05, 3.63) is 50.6 Å². The van der Waals surface area contributed by atoms with Crippen LogP contribution in [-0.2, 0) is 0 Å². The molecule has 1 heterocycles. The molecule has 0 unspecified atom stereocenters. The van der Waals surface area contributed by atoms with Crippen LogP contribution in [0.3, 0.4) is 0 Å². The molecule has 0 aliphatic rings. The van der Waals surface area contributed by atoms with Crippen molar-refractivity contribution in [2.75, 3.05) is 12.4 Å². The number of hydrogen-bond donors (Lipinski definition) is 1. The van der Waals surface area contributed by atoms with E-state index in [1.807, 2.05) is 0 Å². The van der Waals surface area contributed by atoms with Gasteiger partial charge in [-0.2, -0.15) is 0 Å². The topological polar surface area (TPSA) is 108 Å². The smallest absolute Gasteiger partial charge is 0.333 e. The number of thiophene rings is 1. The molecule has 1 aromatic heterocycles. The van der Waals surface area contributed by atoms with Gasteiger partial charge in [0.15, 0.2) is 5.00 Å². The van der Waals surface area contributed by atoms with Gasteiger partial charge in [-0.3, -0.25) is 20.2 Å². The maximum absolute atomic E-state index is 10.9. The number of benzene rings is 1. The molecule has 0 radical (unpaired) electrons. The van der Waals surface area contributed by atoms with E-state index in [2.05, 4.69) is 5.32 Å². The van der Waals surface area contributed by atoms with Gasteiger partial charge in [-0.05, 0) is 35.6 Å². The van der Waals surface area contributed by atoms with Crippen LogP contribution in [0.4, 0.5) is 21.4 Å². The van der Waals surface area contributed by atoms with Crippen LogP contribution in [0.25, 0.3) is 0 Å². The van der Waals surface area contributed by atoms with Crippen molar-refractivity contribution in [2.24, 2.45) is 0 Å². The van der Waals surface area contributed by atoms with Crippen LogP contribution >= 0.6 is 11.3 Å². The highest BCUT2D eigenvalue weighted by molar-refractivity contribution is 7.19. The molecule has 2 rings (SSSR count). The van der Waals surface area contributed by atoms with Gasteiger partial charge < -0.3 is 10.1 Å². The van der Waals surface area contributed by atoms with E-state index in [9.17, 15) is 20.2 Å². The van der Waals surface area contributed by atoms with E-state index in [1.165, 1.54) is 7.11 Å². The summed E-state index contributed by atoms with van der Waals surface area (Å²) in [6.07, 6.45) is 0. The zero-order chi connectivity index (χ0) is 14.7. The van der Waals surface area contributed by atoms with Gasteiger partial charge in [0, 0.05) is 5.69 Å². The molecule has 0 bridgehead atoms. The maximum Gasteiger partial charge on any atom is 0.333 e. The van der Waals surface area contributed by atoms with Gasteiger partial charge in [0.25, 0.3) is 0 Å². The van der Waals surface area contributed by atoms with E-state index in [4.69, 9.17) is 4.74 Å². The number of methoxy groups -OCH3 is 1. The van der Waals surface area contributed by atoms with Crippen LogP contribution in [-0.4, -0.2) is 17.0 Å². The van der Waals surface area contributed by atoms with E-state index in [0.29, 0.717) is 11.4 Å². The lowest BCUT2D eigenvalue weighted by Crippen LogP contribution is -1.93. The Hall–Kier alpha value is -2.68. The minimum absolute atomic E-state index is 0.117. The molecule has 8 nitrogen and oxygen atoms in total. The van der Waals surface area contributed by atoms with Crippen LogP contribution in [0.1, 0.15) is 0 Å². The predicted octanol–water partition coefficient (Wildman–Crippen LogP) is 3.32. The summed E-state index contributed by atoms with van der Waals surface area (Å²) in [5.74, 6) is 0.641. The summed E-state index contributed by atoms with van der Waals surface area (Å²) < 4.78 is 4.99. The number of rotatable bonds is 5. The molecular formula is C11H9N3O5S. The molecule has 0 amide bonds. The van der Waals surface area contributed by atoms with Crippen molar-refractivity contribution in [3.63, 3.8) is 0 Å². The normalized spacial score (nSPS) is 10.1. The lowest BCUT2D eigenvalue weighted by molar-refractivity contribution is -0.389. The zero-order valence-corrected chi connectivity index (χ0v) is 11.0. The monoisotopic (exact) mass is 295 g/mol. The fourth-order valence-electron chi connectivity index (χ4n) is 1.49. The lowest BCUT2D eigenvalue weighted by Gasteiger charge is -2.04. The first-order valence-corrected chi connectivity index (χ1v) is 6.16. The summed E-state index contributed by atoms with van der Waals surface area (Å²) in [5.41, 5.74) is 0.253. The van der Waals surface area contributed by atoms with Crippen LogP contribution < -0.4 is 10.1 Å². The molecule has 0 aliphatic carbocycles. The van der Waals surface area contributed by atoms with E-state index < -0.39 is 9.85 Å². The molecule has 20 heavy (non-hydrogen) atoms. The van der Waals surface area contributed by atoms with E-state index in [1.54, 1.807) is 24.3 Å². The van der Waals surface area contributed by atoms with E-state index >= 15 is 0 Å². The molecule has 0 fully saturated rings. The van der Waals surface area contributed by atoms with Crippen LogP contribution in [0.15, 0.2) is 30.3 Å². The molecule has 0 aliphatic heterocycles. The Morgan fingerprint density at radius 2 is 1.80 bits per heavy atom. The molecule has 0 atom stereocenters. The Morgan fingerprint density at radius 3 is 2.30 bits per heavy atom. The number of anilines is 2. The number of ether oxygens (including phenoxy) is 1. The molecule has 9 heteroatoms. The van der Waals surface area contributed by atoms with Gasteiger partial charge in [0.1, 0.15) is 11.8 Å². The van der Waals surface area contributed by atoms with Crippen LogP contribution in [0.5, 0.6) is 5.75 Å². The quantitative estimate of drug-likeness (QED) is 0.669.